The van der Waals surface area contributed by atoms with Gasteiger partial charge in [0.25, 0.3) is 0 Å². The van der Waals surface area contributed by atoms with Gasteiger partial charge in [0, 0.05) is 31.4 Å². The molecular weight excluding hydrogens is 248 g/mol. The molecule has 112 valence electrons. The monoisotopic (exact) mass is 276 g/mol. The van der Waals surface area contributed by atoms with Gasteiger partial charge in [0.15, 0.2) is 0 Å². The minimum absolute atomic E-state index is 0.420. The lowest BCUT2D eigenvalue weighted by molar-refractivity contribution is 0.140. The van der Waals surface area contributed by atoms with Crippen LogP contribution in [0.3, 0.4) is 0 Å². The lowest BCUT2D eigenvalue weighted by atomic mass is 9.97. The van der Waals surface area contributed by atoms with Crippen molar-refractivity contribution in [1.29, 1.82) is 0 Å². The van der Waals surface area contributed by atoms with Crippen molar-refractivity contribution < 1.29 is 4.74 Å². The van der Waals surface area contributed by atoms with Gasteiger partial charge in [-0.15, -0.1) is 0 Å². The Balaban J connectivity index is 2.03. The fraction of sp³-hybridized carbons (Fsp3) is 0.647. The number of nitrogens with zero attached hydrogens (tertiary/aromatic N) is 1. The van der Waals surface area contributed by atoms with Crippen LogP contribution in [0.5, 0.6) is 0 Å². The van der Waals surface area contributed by atoms with E-state index in [0.29, 0.717) is 6.04 Å². The van der Waals surface area contributed by atoms with Gasteiger partial charge in [-0.1, -0.05) is 19.1 Å². The minimum atomic E-state index is 0.420. The second kappa shape index (κ2) is 7.65. The summed E-state index contributed by atoms with van der Waals surface area (Å²) in [5, 5.41) is 3.31. The maximum Gasteiger partial charge on any atom is 0.0641 e. The first-order valence-electron chi connectivity index (χ1n) is 7.89. The molecular formula is C17H28N2O. The van der Waals surface area contributed by atoms with Gasteiger partial charge in [0.05, 0.1) is 6.61 Å². The Morgan fingerprint density at radius 3 is 2.95 bits per heavy atom. The van der Waals surface area contributed by atoms with Crippen LogP contribution in [-0.4, -0.2) is 33.4 Å². The molecule has 1 aliphatic heterocycles. The zero-order valence-corrected chi connectivity index (χ0v) is 13.1. The zero-order valence-electron chi connectivity index (χ0n) is 13.1. The molecule has 1 N–H and O–H groups in total. The molecule has 3 heteroatoms. The molecule has 0 spiro atoms. The molecule has 3 nitrogen and oxygen atoms in total. The number of rotatable bonds is 7. The van der Waals surface area contributed by atoms with Crippen molar-refractivity contribution in [2.24, 2.45) is 0 Å². The highest BCUT2D eigenvalue weighted by Crippen LogP contribution is 2.29. The lowest BCUT2D eigenvalue weighted by Gasteiger charge is -2.32. The number of hydrogen-bond acceptors (Lipinski definition) is 3. The van der Waals surface area contributed by atoms with Crippen LogP contribution in [0.1, 0.15) is 43.9 Å². The second-order valence-corrected chi connectivity index (χ2v) is 5.60. The van der Waals surface area contributed by atoms with Gasteiger partial charge in [-0.2, -0.15) is 0 Å². The molecule has 20 heavy (non-hydrogen) atoms. The van der Waals surface area contributed by atoms with Crippen LogP contribution >= 0.6 is 0 Å². The Morgan fingerprint density at radius 1 is 1.35 bits per heavy atom. The predicted octanol–water partition coefficient (Wildman–Crippen LogP) is 3.15. The smallest absolute Gasteiger partial charge is 0.0641 e. The normalized spacial score (nSPS) is 16.1. The lowest BCUT2D eigenvalue weighted by Crippen LogP contribution is -2.32. The number of anilines is 1. The van der Waals surface area contributed by atoms with E-state index in [1.807, 2.05) is 7.05 Å². The fourth-order valence-corrected chi connectivity index (χ4v) is 2.78. The summed E-state index contributed by atoms with van der Waals surface area (Å²) in [5.41, 5.74) is 4.28. The summed E-state index contributed by atoms with van der Waals surface area (Å²) >= 11 is 0. The highest BCUT2D eigenvalue weighted by atomic mass is 16.5. The number of ether oxygens (including phenoxy) is 1. The zero-order chi connectivity index (χ0) is 14.4. The molecule has 1 aromatic rings. The van der Waals surface area contributed by atoms with Crippen LogP contribution in [0, 0.1) is 0 Å². The van der Waals surface area contributed by atoms with Crippen LogP contribution in [0.2, 0.25) is 0 Å². The van der Waals surface area contributed by atoms with E-state index in [1.54, 1.807) is 0 Å². The number of fused-ring (bicyclic) bond motifs is 1. The summed E-state index contributed by atoms with van der Waals surface area (Å²) in [6.45, 7) is 8.24. The Kier molecular flexibility index (Phi) is 5.86. The summed E-state index contributed by atoms with van der Waals surface area (Å²) in [5.74, 6) is 0. The van der Waals surface area contributed by atoms with E-state index in [0.717, 1.165) is 32.7 Å². The largest absolute Gasteiger partial charge is 0.380 e. The Morgan fingerprint density at radius 2 is 2.20 bits per heavy atom. The summed E-state index contributed by atoms with van der Waals surface area (Å²) in [6.07, 6.45) is 3.55. The molecule has 1 aromatic carbocycles. The fourth-order valence-electron chi connectivity index (χ4n) is 2.78. The van der Waals surface area contributed by atoms with Crippen molar-refractivity contribution in [3.05, 3.63) is 29.3 Å². The average molecular weight is 276 g/mol. The quantitative estimate of drug-likeness (QED) is 0.774. The van der Waals surface area contributed by atoms with Crippen LogP contribution in [0.25, 0.3) is 0 Å². The third-order valence-electron chi connectivity index (χ3n) is 4.11. The summed E-state index contributed by atoms with van der Waals surface area (Å²) in [6, 6.07) is 7.33. The van der Waals surface area contributed by atoms with Crippen molar-refractivity contribution in [3.8, 4) is 0 Å². The number of aryl methyl sites for hydroxylation is 1. The van der Waals surface area contributed by atoms with Gasteiger partial charge in [0.1, 0.15) is 0 Å². The van der Waals surface area contributed by atoms with Crippen molar-refractivity contribution in [3.63, 3.8) is 0 Å². The van der Waals surface area contributed by atoms with E-state index in [2.05, 4.69) is 42.3 Å². The molecule has 1 atom stereocenters. The molecule has 1 unspecified atom stereocenters. The third-order valence-corrected chi connectivity index (χ3v) is 4.11. The summed E-state index contributed by atoms with van der Waals surface area (Å²) < 4.78 is 5.63. The van der Waals surface area contributed by atoms with E-state index in [4.69, 9.17) is 4.74 Å². The molecule has 1 aliphatic rings. The Labute approximate surface area is 123 Å². The molecule has 0 fully saturated rings. The van der Waals surface area contributed by atoms with Gasteiger partial charge in [-0.05, 0) is 50.4 Å². The maximum absolute atomic E-state index is 5.63. The second-order valence-electron chi connectivity index (χ2n) is 5.60. The Bertz CT molecular complexity index is 419. The number of benzene rings is 1. The SMILES string of the molecule is CCCOCCN1CCCc2cc(C(C)NC)ccc21. The van der Waals surface area contributed by atoms with E-state index in [1.165, 1.54) is 29.7 Å². The van der Waals surface area contributed by atoms with Gasteiger partial charge in [-0.25, -0.2) is 0 Å². The van der Waals surface area contributed by atoms with E-state index in [9.17, 15) is 0 Å². The highest BCUT2D eigenvalue weighted by Gasteiger charge is 2.17. The first-order valence-corrected chi connectivity index (χ1v) is 7.89. The number of hydrogen-bond donors (Lipinski definition) is 1. The van der Waals surface area contributed by atoms with Gasteiger partial charge in [-0.3, -0.25) is 0 Å². The van der Waals surface area contributed by atoms with Crippen LogP contribution in [0.4, 0.5) is 5.69 Å². The van der Waals surface area contributed by atoms with Crippen molar-refractivity contribution >= 4 is 5.69 Å². The molecule has 0 radical (unpaired) electrons. The standard InChI is InChI=1S/C17H28N2O/c1-4-11-20-12-10-19-9-5-6-16-13-15(14(2)18-3)7-8-17(16)19/h7-8,13-14,18H,4-6,9-12H2,1-3H3. The van der Waals surface area contributed by atoms with Crippen LogP contribution < -0.4 is 10.2 Å². The summed E-state index contributed by atoms with van der Waals surface area (Å²) in [4.78, 5) is 2.47. The molecule has 0 saturated carbocycles. The molecule has 0 saturated heterocycles. The molecule has 0 amide bonds. The van der Waals surface area contributed by atoms with Crippen LogP contribution in [0.15, 0.2) is 18.2 Å². The van der Waals surface area contributed by atoms with Gasteiger partial charge in [0.2, 0.25) is 0 Å². The minimum Gasteiger partial charge on any atom is -0.380 e. The van der Waals surface area contributed by atoms with Gasteiger partial charge >= 0.3 is 0 Å². The third kappa shape index (κ3) is 3.74. The van der Waals surface area contributed by atoms with Crippen LogP contribution in [-0.2, 0) is 11.2 Å². The van der Waals surface area contributed by atoms with Crippen molar-refractivity contribution in [1.82, 2.24) is 5.32 Å². The number of nitrogens with one attached hydrogen (secondary N) is 1. The topological polar surface area (TPSA) is 24.5 Å². The van der Waals surface area contributed by atoms with E-state index in [-0.39, 0.29) is 0 Å². The van der Waals surface area contributed by atoms with E-state index >= 15 is 0 Å². The van der Waals surface area contributed by atoms with Gasteiger partial charge < -0.3 is 15.0 Å². The Hall–Kier alpha value is -1.06. The first-order chi connectivity index (χ1) is 9.76. The summed E-state index contributed by atoms with van der Waals surface area (Å²) in [7, 11) is 2.02. The molecule has 1 heterocycles. The molecule has 0 bridgehead atoms. The maximum atomic E-state index is 5.63. The molecule has 2 rings (SSSR count). The average Bonchev–Trinajstić information content (AvgIpc) is 2.50. The van der Waals surface area contributed by atoms with Crippen molar-refractivity contribution in [2.75, 3.05) is 38.3 Å². The molecule has 0 aliphatic carbocycles. The van der Waals surface area contributed by atoms with E-state index < -0.39 is 0 Å². The van der Waals surface area contributed by atoms with Crippen molar-refractivity contribution in [2.45, 2.75) is 39.2 Å². The first kappa shape index (κ1) is 15.3. The predicted molar refractivity (Wildman–Crippen MR) is 85.6 cm³/mol. The molecule has 0 aromatic heterocycles. The highest BCUT2D eigenvalue weighted by molar-refractivity contribution is 5.57.